The van der Waals surface area contributed by atoms with Crippen molar-refractivity contribution in [2.75, 3.05) is 32.8 Å². The molecule has 2 N–H and O–H groups in total. The van der Waals surface area contributed by atoms with Crippen LogP contribution in [-0.4, -0.2) is 48.3 Å². The van der Waals surface area contributed by atoms with E-state index in [0.29, 0.717) is 0 Å². The zero-order chi connectivity index (χ0) is 15.7. The fourth-order valence-electron chi connectivity index (χ4n) is 3.57. The molecule has 0 radical (unpaired) electrons. The van der Waals surface area contributed by atoms with Crippen LogP contribution in [0.4, 0.5) is 0 Å². The van der Waals surface area contributed by atoms with Gasteiger partial charge in [-0.25, -0.2) is 0 Å². The third-order valence-corrected chi connectivity index (χ3v) is 5.21. The molecule has 1 rings (SSSR count). The Labute approximate surface area is 132 Å². The summed E-state index contributed by atoms with van der Waals surface area (Å²) in [5.74, 6) is 1.77. The number of aliphatic hydroxyl groups excluding tert-OH is 1. The highest BCUT2D eigenvalue weighted by atomic mass is 16.3. The lowest BCUT2D eigenvalue weighted by Crippen LogP contribution is -2.45. The number of nitrogens with zero attached hydrogens (tertiary/aromatic N) is 1. The summed E-state index contributed by atoms with van der Waals surface area (Å²) in [4.78, 5) is 2.66. The van der Waals surface area contributed by atoms with Gasteiger partial charge in [0, 0.05) is 5.54 Å². The number of nitrogens with one attached hydrogen (secondary N) is 1. The third-order valence-electron chi connectivity index (χ3n) is 5.21. The molecule has 1 fully saturated rings. The molecular formula is C18H38N2O. The Morgan fingerprint density at radius 1 is 1.24 bits per heavy atom. The molecule has 0 saturated carbocycles. The Hall–Kier alpha value is -0.120. The predicted molar refractivity (Wildman–Crippen MR) is 91.6 cm³/mol. The van der Waals surface area contributed by atoms with Crippen LogP contribution in [0.3, 0.4) is 0 Å². The number of rotatable bonds is 9. The van der Waals surface area contributed by atoms with Crippen molar-refractivity contribution in [3.8, 4) is 0 Å². The lowest BCUT2D eigenvalue weighted by atomic mass is 9.89. The average molecular weight is 299 g/mol. The van der Waals surface area contributed by atoms with Gasteiger partial charge in [-0.2, -0.15) is 0 Å². The molecule has 3 heteroatoms. The van der Waals surface area contributed by atoms with Gasteiger partial charge in [0.1, 0.15) is 0 Å². The second kappa shape index (κ2) is 9.81. The van der Waals surface area contributed by atoms with E-state index in [9.17, 15) is 5.11 Å². The van der Waals surface area contributed by atoms with Crippen LogP contribution in [0.25, 0.3) is 0 Å². The van der Waals surface area contributed by atoms with Crippen molar-refractivity contribution in [1.29, 1.82) is 0 Å². The van der Waals surface area contributed by atoms with Gasteiger partial charge in [-0.3, -0.25) is 0 Å². The number of hydrogen-bond donors (Lipinski definition) is 2. The van der Waals surface area contributed by atoms with Crippen molar-refractivity contribution < 1.29 is 5.11 Å². The quantitative estimate of drug-likeness (QED) is 0.641. The van der Waals surface area contributed by atoms with Crippen LogP contribution >= 0.6 is 0 Å². The van der Waals surface area contributed by atoms with Crippen LogP contribution < -0.4 is 5.32 Å². The molecule has 0 amide bonds. The second-order valence-electron chi connectivity index (χ2n) is 7.48. The van der Waals surface area contributed by atoms with E-state index in [1.54, 1.807) is 0 Å². The van der Waals surface area contributed by atoms with Gasteiger partial charge in [-0.1, -0.05) is 27.2 Å². The molecule has 3 nitrogen and oxygen atoms in total. The monoisotopic (exact) mass is 298 g/mol. The highest BCUT2D eigenvalue weighted by Gasteiger charge is 2.22. The maximum Gasteiger partial charge on any atom is 0.0610 e. The highest BCUT2D eigenvalue weighted by Crippen LogP contribution is 2.24. The summed E-state index contributed by atoms with van der Waals surface area (Å²) in [7, 11) is 0. The summed E-state index contributed by atoms with van der Waals surface area (Å²) in [6.07, 6.45) is 7.69. The Bertz CT molecular complexity index is 270. The summed E-state index contributed by atoms with van der Waals surface area (Å²) in [6.45, 7) is 14.0. The van der Waals surface area contributed by atoms with Gasteiger partial charge in [-0.15, -0.1) is 0 Å². The molecule has 1 heterocycles. The number of hydrogen-bond acceptors (Lipinski definition) is 3. The lowest BCUT2D eigenvalue weighted by molar-refractivity contribution is 0.162. The standard InChI is InChI=1S/C18H38N2O/c1-5-19-18(4,15-21)11-6-7-12-20-13-8-9-17(10-14-20)16(2)3/h16-17,19,21H,5-15H2,1-4H3. The third kappa shape index (κ3) is 7.12. The number of aliphatic hydroxyl groups is 1. The van der Waals surface area contributed by atoms with Gasteiger partial charge in [-0.05, 0) is 77.0 Å². The first kappa shape index (κ1) is 18.9. The molecule has 1 aliphatic rings. The minimum absolute atomic E-state index is 0.0870. The van der Waals surface area contributed by atoms with Crippen LogP contribution in [0, 0.1) is 11.8 Å². The van der Waals surface area contributed by atoms with Crippen molar-refractivity contribution >= 4 is 0 Å². The largest absolute Gasteiger partial charge is 0.394 e. The summed E-state index contributed by atoms with van der Waals surface area (Å²) >= 11 is 0. The van der Waals surface area contributed by atoms with E-state index >= 15 is 0 Å². The molecule has 2 atom stereocenters. The van der Waals surface area contributed by atoms with Gasteiger partial charge in [0.25, 0.3) is 0 Å². The number of likely N-dealkylation sites (tertiary alicyclic amines) is 1. The van der Waals surface area contributed by atoms with Crippen LogP contribution in [0.5, 0.6) is 0 Å². The van der Waals surface area contributed by atoms with Gasteiger partial charge >= 0.3 is 0 Å². The lowest BCUT2D eigenvalue weighted by Gasteiger charge is -2.29. The van der Waals surface area contributed by atoms with Crippen molar-refractivity contribution in [3.63, 3.8) is 0 Å². The van der Waals surface area contributed by atoms with E-state index in [0.717, 1.165) is 24.8 Å². The van der Waals surface area contributed by atoms with Gasteiger partial charge in [0.15, 0.2) is 0 Å². The van der Waals surface area contributed by atoms with Crippen LogP contribution in [0.1, 0.15) is 66.2 Å². The molecule has 21 heavy (non-hydrogen) atoms. The Morgan fingerprint density at radius 2 is 2.00 bits per heavy atom. The molecule has 2 unspecified atom stereocenters. The smallest absolute Gasteiger partial charge is 0.0610 e. The van der Waals surface area contributed by atoms with Crippen molar-refractivity contribution in [2.24, 2.45) is 11.8 Å². The van der Waals surface area contributed by atoms with Gasteiger partial charge < -0.3 is 15.3 Å². The maximum absolute atomic E-state index is 9.51. The van der Waals surface area contributed by atoms with Crippen molar-refractivity contribution in [2.45, 2.75) is 71.8 Å². The predicted octanol–water partition coefficient (Wildman–Crippen LogP) is 3.28. The van der Waals surface area contributed by atoms with E-state index < -0.39 is 0 Å². The first-order valence-electron chi connectivity index (χ1n) is 9.09. The van der Waals surface area contributed by atoms with E-state index in [4.69, 9.17) is 0 Å². The molecule has 0 aliphatic carbocycles. The van der Waals surface area contributed by atoms with Crippen molar-refractivity contribution in [3.05, 3.63) is 0 Å². The van der Waals surface area contributed by atoms with E-state index in [-0.39, 0.29) is 12.1 Å². The van der Waals surface area contributed by atoms with Crippen molar-refractivity contribution in [1.82, 2.24) is 10.2 Å². The molecule has 1 aliphatic heterocycles. The summed E-state index contributed by atoms with van der Waals surface area (Å²) < 4.78 is 0. The molecule has 1 saturated heterocycles. The fraction of sp³-hybridized carbons (Fsp3) is 1.00. The minimum atomic E-state index is -0.0870. The normalized spacial score (nSPS) is 24.0. The van der Waals surface area contributed by atoms with Crippen LogP contribution in [0.15, 0.2) is 0 Å². The Morgan fingerprint density at radius 3 is 2.62 bits per heavy atom. The van der Waals surface area contributed by atoms with Crippen LogP contribution in [-0.2, 0) is 0 Å². The SMILES string of the molecule is CCNC(C)(CO)CCCCN1CCCC(C(C)C)CC1. The fourth-order valence-corrected chi connectivity index (χ4v) is 3.57. The second-order valence-corrected chi connectivity index (χ2v) is 7.48. The zero-order valence-electron chi connectivity index (χ0n) is 14.8. The molecule has 126 valence electrons. The van der Waals surface area contributed by atoms with E-state index in [1.807, 2.05) is 0 Å². The molecule has 0 aromatic heterocycles. The molecule has 0 bridgehead atoms. The molecule has 0 aromatic carbocycles. The highest BCUT2D eigenvalue weighted by molar-refractivity contribution is 4.81. The van der Waals surface area contributed by atoms with Gasteiger partial charge in [0.2, 0.25) is 0 Å². The topological polar surface area (TPSA) is 35.5 Å². The zero-order valence-corrected chi connectivity index (χ0v) is 14.8. The average Bonchev–Trinajstić information content (AvgIpc) is 2.69. The number of likely N-dealkylation sites (N-methyl/N-ethyl adjacent to an activating group) is 1. The maximum atomic E-state index is 9.51. The molecular weight excluding hydrogens is 260 g/mol. The van der Waals surface area contributed by atoms with Gasteiger partial charge in [0.05, 0.1) is 6.61 Å². The summed E-state index contributed by atoms with van der Waals surface area (Å²) in [5, 5.41) is 12.9. The first-order valence-corrected chi connectivity index (χ1v) is 9.09. The first-order chi connectivity index (χ1) is 10.0. The van der Waals surface area contributed by atoms with Crippen LogP contribution in [0.2, 0.25) is 0 Å². The van der Waals surface area contributed by atoms with E-state index in [2.05, 4.69) is 37.9 Å². The van der Waals surface area contributed by atoms with E-state index in [1.165, 1.54) is 51.7 Å². The molecule has 0 spiro atoms. The Kier molecular flexibility index (Phi) is 8.84. The Balaban J connectivity index is 2.20. The molecule has 0 aromatic rings. The summed E-state index contributed by atoms with van der Waals surface area (Å²) in [5.41, 5.74) is -0.0870. The minimum Gasteiger partial charge on any atom is -0.394 e. The summed E-state index contributed by atoms with van der Waals surface area (Å²) in [6, 6.07) is 0. The number of unbranched alkanes of at least 4 members (excludes halogenated alkanes) is 1.